The van der Waals surface area contributed by atoms with E-state index >= 15 is 0 Å². The first kappa shape index (κ1) is 10.5. The van der Waals surface area contributed by atoms with Crippen LogP contribution >= 0.6 is 0 Å². The molecule has 2 aromatic rings. The lowest BCUT2D eigenvalue weighted by atomic mass is 9.95. The van der Waals surface area contributed by atoms with Crippen molar-refractivity contribution in [1.29, 1.82) is 0 Å². The minimum atomic E-state index is 0.596. The van der Waals surface area contributed by atoms with Crippen LogP contribution in [0.1, 0.15) is 30.0 Å². The Hall–Kier alpha value is -1.62. The van der Waals surface area contributed by atoms with Crippen LogP contribution < -0.4 is 0 Å². The molecule has 0 radical (unpaired) electrons. The van der Waals surface area contributed by atoms with Crippen LogP contribution in [0.2, 0.25) is 0 Å². The fraction of sp³-hybridized carbons (Fsp3) is 0.500. The predicted octanol–water partition coefficient (Wildman–Crippen LogP) is 1.51. The second-order valence-corrected chi connectivity index (χ2v) is 4.69. The Balaban J connectivity index is 1.64. The molecule has 3 heterocycles. The summed E-state index contributed by atoms with van der Waals surface area (Å²) in [5, 5.41) is 14.0. The maximum Gasteiger partial charge on any atom is 0.0532 e. The van der Waals surface area contributed by atoms with Crippen LogP contribution in [-0.4, -0.2) is 38.4 Å². The van der Waals surface area contributed by atoms with Gasteiger partial charge in [-0.2, -0.15) is 10.2 Å². The first-order valence-electron chi connectivity index (χ1n) is 6.11. The Kier molecular flexibility index (Phi) is 2.92. The largest absolute Gasteiger partial charge is 0.298 e. The Bertz CT molecular complexity index is 433. The van der Waals surface area contributed by atoms with Crippen molar-refractivity contribution >= 4 is 0 Å². The van der Waals surface area contributed by atoms with Gasteiger partial charge in [-0.15, -0.1) is 0 Å². The standard InChI is InChI=1S/C12H17N5/c1-2-11(12-3-4-13-16-12)9-17(5-1)8-10-6-14-15-7-10/h3-4,6-7,11H,1-2,5,8-9H2,(H,13,16)(H,14,15). The van der Waals surface area contributed by atoms with Crippen molar-refractivity contribution in [2.75, 3.05) is 13.1 Å². The molecule has 0 saturated carbocycles. The van der Waals surface area contributed by atoms with Gasteiger partial charge in [0.25, 0.3) is 0 Å². The summed E-state index contributed by atoms with van der Waals surface area (Å²) >= 11 is 0. The van der Waals surface area contributed by atoms with E-state index in [2.05, 4.69) is 31.4 Å². The molecule has 0 aliphatic carbocycles. The number of aromatic amines is 2. The van der Waals surface area contributed by atoms with E-state index < -0.39 is 0 Å². The lowest BCUT2D eigenvalue weighted by molar-refractivity contribution is 0.198. The average Bonchev–Trinajstić information content (AvgIpc) is 3.01. The summed E-state index contributed by atoms with van der Waals surface area (Å²) in [7, 11) is 0. The van der Waals surface area contributed by atoms with E-state index in [-0.39, 0.29) is 0 Å². The third-order valence-electron chi connectivity index (χ3n) is 3.43. The number of piperidine rings is 1. The zero-order valence-electron chi connectivity index (χ0n) is 9.76. The highest BCUT2D eigenvalue weighted by Gasteiger charge is 2.22. The topological polar surface area (TPSA) is 60.6 Å². The molecule has 0 bridgehead atoms. The summed E-state index contributed by atoms with van der Waals surface area (Å²) in [5.74, 6) is 0.596. The molecular weight excluding hydrogens is 214 g/mol. The molecule has 2 N–H and O–H groups in total. The van der Waals surface area contributed by atoms with Crippen molar-refractivity contribution in [3.05, 3.63) is 35.9 Å². The van der Waals surface area contributed by atoms with Crippen molar-refractivity contribution in [2.45, 2.75) is 25.3 Å². The number of H-pyrrole nitrogens is 2. The molecule has 1 saturated heterocycles. The van der Waals surface area contributed by atoms with Gasteiger partial charge in [0.05, 0.1) is 6.20 Å². The minimum Gasteiger partial charge on any atom is -0.298 e. The van der Waals surface area contributed by atoms with Gasteiger partial charge in [0.1, 0.15) is 0 Å². The van der Waals surface area contributed by atoms with Crippen LogP contribution in [0.3, 0.4) is 0 Å². The van der Waals surface area contributed by atoms with Gasteiger partial charge in [0, 0.05) is 42.7 Å². The normalized spacial score (nSPS) is 21.8. The molecule has 17 heavy (non-hydrogen) atoms. The van der Waals surface area contributed by atoms with Crippen LogP contribution in [0.15, 0.2) is 24.7 Å². The molecule has 1 aliphatic heterocycles. The van der Waals surface area contributed by atoms with Crippen molar-refractivity contribution < 1.29 is 0 Å². The first-order valence-corrected chi connectivity index (χ1v) is 6.11. The summed E-state index contributed by atoms with van der Waals surface area (Å²) in [5.41, 5.74) is 2.53. The summed E-state index contributed by atoms with van der Waals surface area (Å²) in [6.45, 7) is 3.27. The van der Waals surface area contributed by atoms with E-state index in [0.29, 0.717) is 5.92 Å². The second-order valence-electron chi connectivity index (χ2n) is 4.69. The molecule has 1 aliphatic rings. The number of nitrogens with zero attached hydrogens (tertiary/aromatic N) is 3. The molecule has 1 fully saturated rings. The van der Waals surface area contributed by atoms with Crippen LogP contribution in [0.5, 0.6) is 0 Å². The highest BCUT2D eigenvalue weighted by molar-refractivity contribution is 5.09. The van der Waals surface area contributed by atoms with Gasteiger partial charge in [0.15, 0.2) is 0 Å². The van der Waals surface area contributed by atoms with Crippen LogP contribution in [0, 0.1) is 0 Å². The summed E-state index contributed by atoms with van der Waals surface area (Å²) in [4.78, 5) is 2.49. The molecular formula is C12H17N5. The third-order valence-corrected chi connectivity index (χ3v) is 3.43. The Morgan fingerprint density at radius 2 is 2.41 bits per heavy atom. The minimum absolute atomic E-state index is 0.596. The summed E-state index contributed by atoms with van der Waals surface area (Å²) in [6.07, 6.45) is 8.22. The number of rotatable bonds is 3. The predicted molar refractivity (Wildman–Crippen MR) is 64.4 cm³/mol. The van der Waals surface area contributed by atoms with Crippen LogP contribution in [0.25, 0.3) is 0 Å². The van der Waals surface area contributed by atoms with Gasteiger partial charge < -0.3 is 0 Å². The van der Waals surface area contributed by atoms with Gasteiger partial charge in [-0.3, -0.25) is 15.1 Å². The quantitative estimate of drug-likeness (QED) is 0.841. The summed E-state index contributed by atoms with van der Waals surface area (Å²) < 4.78 is 0. The zero-order chi connectivity index (χ0) is 11.5. The van der Waals surface area contributed by atoms with Crippen LogP contribution in [0.4, 0.5) is 0 Å². The lowest BCUT2D eigenvalue weighted by Gasteiger charge is -2.31. The van der Waals surface area contributed by atoms with Crippen molar-refractivity contribution in [1.82, 2.24) is 25.3 Å². The fourth-order valence-corrected chi connectivity index (χ4v) is 2.57. The number of nitrogens with one attached hydrogen (secondary N) is 2. The van der Waals surface area contributed by atoms with Gasteiger partial charge in [-0.1, -0.05) is 0 Å². The molecule has 1 atom stereocenters. The van der Waals surface area contributed by atoms with E-state index in [1.807, 2.05) is 18.6 Å². The van der Waals surface area contributed by atoms with Gasteiger partial charge in [-0.05, 0) is 25.5 Å². The van der Waals surface area contributed by atoms with Crippen molar-refractivity contribution in [3.8, 4) is 0 Å². The highest BCUT2D eigenvalue weighted by Crippen LogP contribution is 2.25. The third kappa shape index (κ3) is 2.39. The van der Waals surface area contributed by atoms with E-state index in [1.54, 1.807) is 0 Å². The molecule has 0 aromatic carbocycles. The zero-order valence-corrected chi connectivity index (χ0v) is 9.76. The van der Waals surface area contributed by atoms with Crippen molar-refractivity contribution in [3.63, 3.8) is 0 Å². The van der Waals surface area contributed by atoms with E-state index in [1.165, 1.54) is 30.6 Å². The maximum absolute atomic E-state index is 4.04. The molecule has 0 amide bonds. The Morgan fingerprint density at radius 3 is 3.18 bits per heavy atom. The number of hydrogen-bond acceptors (Lipinski definition) is 3. The SMILES string of the molecule is c1cc(C2CCCN(Cc3cn[nH]c3)C2)[nH]n1. The first-order chi connectivity index (χ1) is 8.42. The summed E-state index contributed by atoms with van der Waals surface area (Å²) in [6, 6.07) is 2.09. The number of aromatic nitrogens is 4. The van der Waals surface area contributed by atoms with Crippen molar-refractivity contribution in [2.24, 2.45) is 0 Å². The molecule has 2 aromatic heterocycles. The average molecular weight is 231 g/mol. The van der Waals surface area contributed by atoms with Crippen LogP contribution in [-0.2, 0) is 6.54 Å². The number of likely N-dealkylation sites (tertiary alicyclic amines) is 1. The Labute approximate surface area is 100 Å². The van der Waals surface area contributed by atoms with E-state index in [9.17, 15) is 0 Å². The molecule has 5 heteroatoms. The monoisotopic (exact) mass is 231 g/mol. The molecule has 0 spiro atoms. The molecule has 1 unspecified atom stereocenters. The number of hydrogen-bond donors (Lipinski definition) is 2. The van der Waals surface area contributed by atoms with E-state index in [0.717, 1.165) is 13.1 Å². The molecule has 5 nitrogen and oxygen atoms in total. The van der Waals surface area contributed by atoms with Gasteiger partial charge in [-0.25, -0.2) is 0 Å². The smallest absolute Gasteiger partial charge is 0.0532 e. The molecule has 3 rings (SSSR count). The Morgan fingerprint density at radius 1 is 1.41 bits per heavy atom. The van der Waals surface area contributed by atoms with Gasteiger partial charge >= 0.3 is 0 Å². The molecule has 90 valence electrons. The maximum atomic E-state index is 4.04. The van der Waals surface area contributed by atoms with E-state index in [4.69, 9.17) is 0 Å². The second kappa shape index (κ2) is 4.71. The highest BCUT2D eigenvalue weighted by atomic mass is 15.2. The van der Waals surface area contributed by atoms with Gasteiger partial charge in [0.2, 0.25) is 0 Å². The lowest BCUT2D eigenvalue weighted by Crippen LogP contribution is -2.33. The fourth-order valence-electron chi connectivity index (χ4n) is 2.57.